The Morgan fingerprint density at radius 1 is 1.35 bits per heavy atom. The lowest BCUT2D eigenvalue weighted by molar-refractivity contribution is -0.142. The van der Waals surface area contributed by atoms with Crippen LogP contribution in [0.2, 0.25) is 5.02 Å². The molecule has 2 heterocycles. The van der Waals surface area contributed by atoms with Gasteiger partial charge in [-0.1, -0.05) is 11.6 Å². The van der Waals surface area contributed by atoms with E-state index in [1.807, 2.05) is 0 Å². The van der Waals surface area contributed by atoms with Crippen LogP contribution >= 0.6 is 11.6 Å². The molecule has 2 fully saturated rings. The van der Waals surface area contributed by atoms with Crippen LogP contribution in [0.15, 0.2) is 18.2 Å². The number of nitrogens with zero attached hydrogens (tertiary/aromatic N) is 1. The second kappa shape index (κ2) is 4.66. The molecule has 0 saturated carbocycles. The van der Waals surface area contributed by atoms with Crippen molar-refractivity contribution in [3.8, 4) is 0 Å². The monoisotopic (exact) mass is 294 g/mol. The maximum absolute atomic E-state index is 11.3. The van der Waals surface area contributed by atoms with Crippen molar-refractivity contribution in [1.82, 2.24) is 0 Å². The van der Waals surface area contributed by atoms with E-state index in [1.165, 1.54) is 0 Å². The Kier molecular flexibility index (Phi) is 3.09. The van der Waals surface area contributed by atoms with Crippen LogP contribution in [0, 0.1) is 5.92 Å². The first kappa shape index (κ1) is 13.2. The van der Waals surface area contributed by atoms with E-state index in [-0.39, 0.29) is 23.6 Å². The number of halogens is 1. The number of hydrogen-bond acceptors (Lipinski definition) is 3. The summed E-state index contributed by atoms with van der Waals surface area (Å²) in [5.74, 6) is -1.61. The van der Waals surface area contributed by atoms with E-state index in [2.05, 4.69) is 4.90 Å². The lowest BCUT2D eigenvalue weighted by atomic mass is 9.89. The number of carbonyl (C=O) groups is 2. The molecule has 3 unspecified atom stereocenters. The molecule has 0 spiro atoms. The molecule has 3 N–H and O–H groups in total. The fourth-order valence-electron chi connectivity index (χ4n) is 3.52. The molecular weight excluding hydrogens is 280 g/mol. The first-order valence-electron chi connectivity index (χ1n) is 6.59. The molecule has 20 heavy (non-hydrogen) atoms. The minimum Gasteiger partial charge on any atom is -0.481 e. The summed E-state index contributed by atoms with van der Waals surface area (Å²) in [5, 5.41) is 9.57. The average Bonchev–Trinajstić information content (AvgIpc) is 2.95. The highest BCUT2D eigenvalue weighted by atomic mass is 35.5. The van der Waals surface area contributed by atoms with Gasteiger partial charge in [0.15, 0.2) is 0 Å². The number of primary amides is 1. The zero-order chi connectivity index (χ0) is 14.4. The van der Waals surface area contributed by atoms with Crippen LogP contribution < -0.4 is 10.6 Å². The highest BCUT2D eigenvalue weighted by Crippen LogP contribution is 2.45. The molecular formula is C14H15ClN2O3. The Morgan fingerprint density at radius 2 is 2.10 bits per heavy atom. The third kappa shape index (κ3) is 1.93. The predicted molar refractivity (Wildman–Crippen MR) is 75.0 cm³/mol. The Morgan fingerprint density at radius 3 is 2.65 bits per heavy atom. The number of aliphatic carboxylic acids is 1. The summed E-state index contributed by atoms with van der Waals surface area (Å²) in [6, 6.07) is 5.37. The van der Waals surface area contributed by atoms with Crippen LogP contribution in [-0.4, -0.2) is 29.1 Å². The Balaban J connectivity index is 1.93. The molecule has 1 aromatic carbocycles. The van der Waals surface area contributed by atoms with E-state index in [0.29, 0.717) is 11.4 Å². The molecule has 3 atom stereocenters. The second-order valence-electron chi connectivity index (χ2n) is 5.41. The quantitative estimate of drug-likeness (QED) is 0.891. The molecule has 0 radical (unpaired) electrons. The maximum Gasteiger partial charge on any atom is 0.308 e. The van der Waals surface area contributed by atoms with Crippen molar-refractivity contribution in [3.63, 3.8) is 0 Å². The predicted octanol–water partition coefficient (Wildman–Crippen LogP) is 1.88. The number of fused-ring (bicyclic) bond motifs is 2. The number of anilines is 1. The van der Waals surface area contributed by atoms with Gasteiger partial charge in [-0.25, -0.2) is 0 Å². The van der Waals surface area contributed by atoms with Crippen LogP contribution in [0.4, 0.5) is 5.69 Å². The summed E-state index contributed by atoms with van der Waals surface area (Å²) < 4.78 is 0. The van der Waals surface area contributed by atoms with Gasteiger partial charge in [0.05, 0.1) is 16.5 Å². The van der Waals surface area contributed by atoms with Gasteiger partial charge < -0.3 is 15.7 Å². The molecule has 2 saturated heterocycles. The summed E-state index contributed by atoms with van der Waals surface area (Å²) in [7, 11) is 0. The average molecular weight is 295 g/mol. The summed E-state index contributed by atoms with van der Waals surface area (Å²) in [4.78, 5) is 24.6. The fraction of sp³-hybridized carbons (Fsp3) is 0.429. The van der Waals surface area contributed by atoms with Crippen LogP contribution in [-0.2, 0) is 4.79 Å². The van der Waals surface area contributed by atoms with Crippen molar-refractivity contribution in [2.45, 2.75) is 31.3 Å². The number of benzene rings is 1. The van der Waals surface area contributed by atoms with E-state index >= 15 is 0 Å². The SMILES string of the molecule is NC(=O)c1ccc(N2C3CCC2C(C(=O)O)C3)cc1Cl. The molecule has 0 aromatic heterocycles. The molecule has 5 nitrogen and oxygen atoms in total. The van der Waals surface area contributed by atoms with Gasteiger partial charge in [-0.15, -0.1) is 0 Å². The van der Waals surface area contributed by atoms with Gasteiger partial charge >= 0.3 is 5.97 Å². The molecule has 2 aliphatic heterocycles. The molecule has 1 amide bonds. The minimum atomic E-state index is -0.734. The van der Waals surface area contributed by atoms with Gasteiger partial charge in [-0.3, -0.25) is 9.59 Å². The first-order chi connectivity index (χ1) is 9.49. The number of carboxylic acid groups (broad SMARTS) is 1. The fourth-order valence-corrected chi connectivity index (χ4v) is 3.79. The highest BCUT2D eigenvalue weighted by molar-refractivity contribution is 6.34. The molecule has 1 aromatic rings. The first-order valence-corrected chi connectivity index (χ1v) is 6.97. The van der Waals surface area contributed by atoms with Crippen LogP contribution in [0.25, 0.3) is 0 Å². The van der Waals surface area contributed by atoms with Crippen molar-refractivity contribution in [3.05, 3.63) is 28.8 Å². The van der Waals surface area contributed by atoms with E-state index in [1.54, 1.807) is 18.2 Å². The molecule has 106 valence electrons. The normalized spacial score (nSPS) is 27.9. The Labute approximate surface area is 121 Å². The van der Waals surface area contributed by atoms with E-state index in [9.17, 15) is 14.7 Å². The number of hydrogen-bond donors (Lipinski definition) is 2. The van der Waals surface area contributed by atoms with Gasteiger partial charge in [0.2, 0.25) is 5.91 Å². The molecule has 0 aliphatic carbocycles. The summed E-state index contributed by atoms with van der Waals surface area (Å²) in [6.45, 7) is 0. The topological polar surface area (TPSA) is 83.6 Å². The standard InChI is InChI=1S/C14H15ClN2O3/c15-11-6-8(1-3-9(11)13(16)18)17-7-2-4-12(17)10(5-7)14(19)20/h1,3,6-7,10,12H,2,4-5H2,(H2,16,18)(H,19,20). The van der Waals surface area contributed by atoms with E-state index < -0.39 is 11.9 Å². The zero-order valence-electron chi connectivity index (χ0n) is 10.8. The van der Waals surface area contributed by atoms with Crippen molar-refractivity contribution < 1.29 is 14.7 Å². The van der Waals surface area contributed by atoms with Gasteiger partial charge in [0.1, 0.15) is 0 Å². The number of carbonyl (C=O) groups excluding carboxylic acids is 1. The number of carboxylic acids is 1. The third-order valence-corrected chi connectivity index (χ3v) is 4.68. The van der Waals surface area contributed by atoms with Gasteiger partial charge in [0.25, 0.3) is 0 Å². The van der Waals surface area contributed by atoms with Crippen molar-refractivity contribution >= 4 is 29.2 Å². The van der Waals surface area contributed by atoms with E-state index in [4.69, 9.17) is 17.3 Å². The summed E-state index contributed by atoms with van der Waals surface area (Å²) in [5.41, 5.74) is 6.39. The van der Waals surface area contributed by atoms with Gasteiger partial charge in [-0.05, 0) is 37.5 Å². The molecule has 6 heteroatoms. The lowest BCUT2D eigenvalue weighted by Gasteiger charge is -2.25. The molecule has 2 bridgehead atoms. The van der Waals surface area contributed by atoms with Crippen LogP contribution in [0.1, 0.15) is 29.6 Å². The number of rotatable bonds is 3. The van der Waals surface area contributed by atoms with Gasteiger partial charge in [0, 0.05) is 17.8 Å². The van der Waals surface area contributed by atoms with E-state index in [0.717, 1.165) is 18.5 Å². The number of amides is 1. The largest absolute Gasteiger partial charge is 0.481 e. The lowest BCUT2D eigenvalue weighted by Crippen LogP contribution is -2.32. The molecule has 2 aliphatic rings. The van der Waals surface area contributed by atoms with Crippen molar-refractivity contribution in [2.75, 3.05) is 4.90 Å². The smallest absolute Gasteiger partial charge is 0.308 e. The second-order valence-corrected chi connectivity index (χ2v) is 5.82. The molecule has 3 rings (SSSR count). The summed E-state index contributed by atoms with van der Waals surface area (Å²) >= 11 is 6.07. The van der Waals surface area contributed by atoms with Crippen molar-refractivity contribution in [2.24, 2.45) is 11.7 Å². The van der Waals surface area contributed by atoms with Crippen LogP contribution in [0.5, 0.6) is 0 Å². The zero-order valence-corrected chi connectivity index (χ0v) is 11.5. The Bertz CT molecular complexity index is 590. The summed E-state index contributed by atoms with van der Waals surface area (Å²) in [6.07, 6.45) is 2.57. The highest BCUT2D eigenvalue weighted by Gasteiger charge is 2.49. The Hall–Kier alpha value is -1.75. The maximum atomic E-state index is 11.3. The minimum absolute atomic E-state index is 0.0213. The third-order valence-electron chi connectivity index (χ3n) is 4.37. The number of nitrogens with two attached hydrogens (primary N) is 1. The van der Waals surface area contributed by atoms with Crippen molar-refractivity contribution in [1.29, 1.82) is 0 Å². The van der Waals surface area contributed by atoms with Gasteiger partial charge in [-0.2, -0.15) is 0 Å². The van der Waals surface area contributed by atoms with Crippen LogP contribution in [0.3, 0.4) is 0 Å².